The minimum atomic E-state index is -4.81. The quantitative estimate of drug-likeness (QED) is 0.380. The first-order valence-electron chi connectivity index (χ1n) is 12.5. The highest BCUT2D eigenvalue weighted by molar-refractivity contribution is 5.70. The van der Waals surface area contributed by atoms with Crippen LogP contribution in [0.3, 0.4) is 0 Å². The number of hydrogen-bond donors (Lipinski definition) is 0. The summed E-state index contributed by atoms with van der Waals surface area (Å²) in [6.07, 6.45) is 2.45. The summed E-state index contributed by atoms with van der Waals surface area (Å²) < 4.78 is 55.4. The van der Waals surface area contributed by atoms with Crippen LogP contribution >= 0.6 is 0 Å². The maximum absolute atomic E-state index is 13.0. The van der Waals surface area contributed by atoms with Crippen molar-refractivity contribution < 1.29 is 27.2 Å². The zero-order valence-electron chi connectivity index (χ0n) is 19.9. The molecule has 1 saturated carbocycles. The van der Waals surface area contributed by atoms with E-state index in [0.29, 0.717) is 22.6 Å². The first-order valence-corrected chi connectivity index (χ1v) is 12.5. The zero-order chi connectivity index (χ0) is 25.6. The molecule has 4 heterocycles. The number of hydrogen-bond acceptors (Lipinski definition) is 7. The fourth-order valence-corrected chi connectivity index (χ4v) is 5.66. The van der Waals surface area contributed by atoms with Gasteiger partial charge in [-0.3, -0.25) is 0 Å². The van der Waals surface area contributed by atoms with Gasteiger partial charge in [0.1, 0.15) is 29.1 Å². The average Bonchev–Trinajstić information content (AvgIpc) is 3.58. The van der Waals surface area contributed by atoms with Crippen molar-refractivity contribution in [2.75, 3.05) is 4.90 Å². The first kappa shape index (κ1) is 23.8. The summed E-state index contributed by atoms with van der Waals surface area (Å²) in [5.41, 5.74) is 1.80. The lowest BCUT2D eigenvalue weighted by molar-refractivity contribution is -0.274. The van der Waals surface area contributed by atoms with Gasteiger partial charge < -0.3 is 18.9 Å². The van der Waals surface area contributed by atoms with Crippen LogP contribution < -0.4 is 9.64 Å². The molecule has 192 valence electrons. The zero-order valence-corrected chi connectivity index (χ0v) is 19.9. The van der Waals surface area contributed by atoms with Crippen LogP contribution in [0.25, 0.3) is 11.3 Å². The van der Waals surface area contributed by atoms with Crippen LogP contribution in [0.2, 0.25) is 0 Å². The number of nitrogens with zero attached hydrogens (tertiary/aromatic N) is 4. The standard InChI is InChI=1S/C27H25F3N4O3/c28-27(29,30)36-23-4-2-1-3-21(23)25-22(26(37-33-25)17-6-7-17)15-35-20-11-18-8-9-19(12-20)34(18)24-10-5-16(13-31)14-32-24/h1-5,10,14,17-20H,6-9,11-12,15H2. The van der Waals surface area contributed by atoms with Crippen molar-refractivity contribution in [1.29, 1.82) is 5.26 Å². The van der Waals surface area contributed by atoms with Gasteiger partial charge in [0.15, 0.2) is 0 Å². The van der Waals surface area contributed by atoms with Gasteiger partial charge >= 0.3 is 6.36 Å². The second-order valence-corrected chi connectivity index (χ2v) is 9.91. The molecule has 2 aromatic heterocycles. The molecule has 1 aromatic carbocycles. The van der Waals surface area contributed by atoms with Crippen LogP contribution in [0.4, 0.5) is 19.0 Å². The molecule has 2 aliphatic heterocycles. The minimum Gasteiger partial charge on any atom is -0.405 e. The van der Waals surface area contributed by atoms with E-state index >= 15 is 0 Å². The molecule has 7 nitrogen and oxygen atoms in total. The topological polar surface area (TPSA) is 84.4 Å². The Balaban J connectivity index is 1.20. The Labute approximate surface area is 211 Å². The van der Waals surface area contributed by atoms with Crippen molar-refractivity contribution in [2.45, 2.75) is 75.6 Å². The molecular weight excluding hydrogens is 485 g/mol. The van der Waals surface area contributed by atoms with Crippen molar-refractivity contribution in [2.24, 2.45) is 0 Å². The van der Waals surface area contributed by atoms with E-state index < -0.39 is 6.36 Å². The molecule has 2 atom stereocenters. The number of piperidine rings is 1. The lowest BCUT2D eigenvalue weighted by Gasteiger charge is -2.39. The van der Waals surface area contributed by atoms with E-state index in [9.17, 15) is 13.2 Å². The molecule has 6 rings (SSSR count). The van der Waals surface area contributed by atoms with Gasteiger partial charge in [-0.1, -0.05) is 17.3 Å². The summed E-state index contributed by atoms with van der Waals surface area (Å²) in [5, 5.41) is 13.2. The number of ether oxygens (including phenoxy) is 2. The molecule has 0 amide bonds. The van der Waals surface area contributed by atoms with Crippen molar-refractivity contribution >= 4 is 5.82 Å². The van der Waals surface area contributed by atoms with Gasteiger partial charge in [0.2, 0.25) is 0 Å². The highest BCUT2D eigenvalue weighted by atomic mass is 19.4. The number of pyridine rings is 1. The van der Waals surface area contributed by atoms with E-state index in [0.717, 1.165) is 44.3 Å². The molecule has 3 fully saturated rings. The second kappa shape index (κ2) is 9.38. The van der Waals surface area contributed by atoms with Crippen molar-refractivity contribution in [3.8, 4) is 23.1 Å². The molecule has 3 aromatic rings. The number of aromatic nitrogens is 2. The first-order chi connectivity index (χ1) is 17.9. The lowest BCUT2D eigenvalue weighted by atomic mass is 9.99. The van der Waals surface area contributed by atoms with E-state index in [1.807, 2.05) is 6.07 Å². The fraction of sp³-hybridized carbons (Fsp3) is 0.444. The van der Waals surface area contributed by atoms with Crippen molar-refractivity contribution in [1.82, 2.24) is 10.1 Å². The summed E-state index contributed by atoms with van der Waals surface area (Å²) in [4.78, 5) is 6.83. The number of anilines is 1. The maximum Gasteiger partial charge on any atom is 0.573 e. The van der Waals surface area contributed by atoms with Crippen LogP contribution in [0.5, 0.6) is 5.75 Å². The third kappa shape index (κ3) is 4.88. The predicted molar refractivity (Wildman–Crippen MR) is 127 cm³/mol. The van der Waals surface area contributed by atoms with E-state index in [1.54, 1.807) is 24.4 Å². The Bertz CT molecular complexity index is 1300. The van der Waals surface area contributed by atoms with E-state index in [-0.39, 0.29) is 42.0 Å². The van der Waals surface area contributed by atoms with Gasteiger partial charge in [0.25, 0.3) is 0 Å². The Morgan fingerprint density at radius 1 is 1.05 bits per heavy atom. The lowest BCUT2D eigenvalue weighted by Crippen LogP contribution is -2.46. The summed E-state index contributed by atoms with van der Waals surface area (Å²) in [5.74, 6) is 1.48. The van der Waals surface area contributed by atoms with Crippen LogP contribution in [0.15, 0.2) is 47.1 Å². The summed E-state index contributed by atoms with van der Waals surface area (Å²) in [6.45, 7) is 0.213. The summed E-state index contributed by atoms with van der Waals surface area (Å²) in [6, 6.07) is 12.4. The van der Waals surface area contributed by atoms with Crippen molar-refractivity contribution in [3.63, 3.8) is 0 Å². The van der Waals surface area contributed by atoms with Gasteiger partial charge in [0.05, 0.1) is 18.3 Å². The van der Waals surface area contributed by atoms with Gasteiger partial charge in [0, 0.05) is 35.3 Å². The molecule has 0 N–H and O–H groups in total. The Kier molecular flexibility index (Phi) is 6.03. The normalized spacial score (nSPS) is 23.2. The highest BCUT2D eigenvalue weighted by Crippen LogP contribution is 2.46. The number of para-hydroxylation sites is 1. The molecule has 1 aliphatic carbocycles. The smallest absolute Gasteiger partial charge is 0.405 e. The third-order valence-corrected chi connectivity index (χ3v) is 7.43. The monoisotopic (exact) mass is 510 g/mol. The third-order valence-electron chi connectivity index (χ3n) is 7.43. The molecule has 37 heavy (non-hydrogen) atoms. The molecular formula is C27H25F3N4O3. The van der Waals surface area contributed by atoms with Gasteiger partial charge in [-0.25, -0.2) is 4.98 Å². The SMILES string of the molecule is N#Cc1ccc(N2C3CCC2CC(OCc2c(-c4ccccc4OC(F)(F)F)noc2C2CC2)C3)nc1. The van der Waals surface area contributed by atoms with Crippen LogP contribution in [-0.4, -0.2) is 34.7 Å². The molecule has 2 bridgehead atoms. The number of fused-ring (bicyclic) bond motifs is 2. The number of halogens is 3. The van der Waals surface area contributed by atoms with E-state index in [1.165, 1.54) is 12.1 Å². The van der Waals surface area contributed by atoms with E-state index in [4.69, 9.17) is 14.5 Å². The largest absolute Gasteiger partial charge is 0.573 e. The fourth-order valence-electron chi connectivity index (χ4n) is 5.66. The van der Waals surface area contributed by atoms with Crippen LogP contribution in [-0.2, 0) is 11.3 Å². The summed E-state index contributed by atoms with van der Waals surface area (Å²) in [7, 11) is 0. The highest BCUT2D eigenvalue weighted by Gasteiger charge is 2.42. The van der Waals surface area contributed by atoms with E-state index in [2.05, 4.69) is 25.8 Å². The molecule has 0 radical (unpaired) electrons. The molecule has 2 saturated heterocycles. The molecule has 0 spiro atoms. The molecule has 2 unspecified atom stereocenters. The second-order valence-electron chi connectivity index (χ2n) is 9.91. The molecule has 3 aliphatic rings. The number of benzene rings is 1. The predicted octanol–water partition coefficient (Wildman–Crippen LogP) is 6.10. The minimum absolute atomic E-state index is 0.00334. The molecule has 10 heteroatoms. The van der Waals surface area contributed by atoms with Crippen LogP contribution in [0, 0.1) is 11.3 Å². The van der Waals surface area contributed by atoms with Crippen LogP contribution in [0.1, 0.15) is 61.3 Å². The Hall–Kier alpha value is -3.58. The number of alkyl halides is 3. The maximum atomic E-state index is 13.0. The van der Waals surface area contributed by atoms with Gasteiger partial charge in [-0.05, 0) is 62.8 Å². The van der Waals surface area contributed by atoms with Gasteiger partial charge in [-0.15, -0.1) is 13.2 Å². The Morgan fingerprint density at radius 3 is 2.46 bits per heavy atom. The summed E-state index contributed by atoms with van der Waals surface area (Å²) >= 11 is 0. The average molecular weight is 511 g/mol. The van der Waals surface area contributed by atoms with Crippen molar-refractivity contribution in [3.05, 3.63) is 59.5 Å². The number of rotatable bonds is 7. The number of nitriles is 1. The van der Waals surface area contributed by atoms with Gasteiger partial charge in [-0.2, -0.15) is 5.26 Å². The Morgan fingerprint density at radius 2 is 1.81 bits per heavy atom.